The summed E-state index contributed by atoms with van der Waals surface area (Å²) < 4.78 is 1.95. The average Bonchev–Trinajstić information content (AvgIpc) is 3.00. The van der Waals surface area contributed by atoms with Gasteiger partial charge in [-0.2, -0.15) is 0 Å². The second-order valence-electron chi connectivity index (χ2n) is 4.56. The van der Waals surface area contributed by atoms with Gasteiger partial charge in [-0.3, -0.25) is 4.79 Å². The number of nitrogens with zero attached hydrogens (tertiary/aromatic N) is 2. The lowest BCUT2D eigenvalue weighted by atomic mass is 10.3. The van der Waals surface area contributed by atoms with Crippen LogP contribution in [-0.4, -0.2) is 20.4 Å². The normalized spacial score (nSPS) is 12.7. The summed E-state index contributed by atoms with van der Waals surface area (Å²) in [5.41, 5.74) is 0.670. The molecule has 5 heteroatoms. The number of carbonyl (C=O) groups excluding carboxylic acids is 1. The standard InChI is InChI=1S/C13H18N4O/c1-9(2)17-8-4-5-11(17)13(18)16-10(3)12-14-6-7-15-12/h4-10H,1-3H3,(H,14,15)(H,16,18). The summed E-state index contributed by atoms with van der Waals surface area (Å²) in [5.74, 6) is 0.670. The van der Waals surface area contributed by atoms with Crippen LogP contribution in [-0.2, 0) is 0 Å². The van der Waals surface area contributed by atoms with Crippen LogP contribution in [0.15, 0.2) is 30.7 Å². The summed E-state index contributed by atoms with van der Waals surface area (Å²) in [7, 11) is 0. The van der Waals surface area contributed by atoms with Crippen LogP contribution >= 0.6 is 0 Å². The maximum absolute atomic E-state index is 12.2. The maximum Gasteiger partial charge on any atom is 0.268 e. The van der Waals surface area contributed by atoms with E-state index in [1.165, 1.54) is 0 Å². The van der Waals surface area contributed by atoms with Gasteiger partial charge in [-0.1, -0.05) is 0 Å². The molecule has 0 radical (unpaired) electrons. The van der Waals surface area contributed by atoms with Gasteiger partial charge in [-0.15, -0.1) is 0 Å². The smallest absolute Gasteiger partial charge is 0.268 e. The van der Waals surface area contributed by atoms with Crippen LogP contribution in [0, 0.1) is 0 Å². The van der Waals surface area contributed by atoms with E-state index in [2.05, 4.69) is 15.3 Å². The van der Waals surface area contributed by atoms with Crippen molar-refractivity contribution < 1.29 is 4.79 Å². The predicted molar refractivity (Wildman–Crippen MR) is 69.3 cm³/mol. The van der Waals surface area contributed by atoms with E-state index in [1.54, 1.807) is 12.4 Å². The van der Waals surface area contributed by atoms with Crippen molar-refractivity contribution in [2.24, 2.45) is 0 Å². The number of nitrogens with one attached hydrogen (secondary N) is 2. The molecule has 1 amide bonds. The van der Waals surface area contributed by atoms with Crippen LogP contribution in [0.1, 0.15) is 49.2 Å². The van der Waals surface area contributed by atoms with Crippen LogP contribution in [0.2, 0.25) is 0 Å². The Bertz CT molecular complexity index is 513. The van der Waals surface area contributed by atoms with Crippen molar-refractivity contribution in [1.29, 1.82) is 0 Å². The van der Waals surface area contributed by atoms with E-state index < -0.39 is 0 Å². The highest BCUT2D eigenvalue weighted by atomic mass is 16.2. The molecule has 2 N–H and O–H groups in total. The van der Waals surface area contributed by atoms with Crippen LogP contribution in [0.4, 0.5) is 0 Å². The molecule has 0 saturated heterocycles. The van der Waals surface area contributed by atoms with Gasteiger partial charge >= 0.3 is 0 Å². The number of rotatable bonds is 4. The molecular weight excluding hydrogens is 228 g/mol. The van der Waals surface area contributed by atoms with E-state index in [4.69, 9.17) is 0 Å². The molecule has 18 heavy (non-hydrogen) atoms. The van der Waals surface area contributed by atoms with E-state index in [1.807, 2.05) is 43.7 Å². The molecule has 0 bridgehead atoms. The molecule has 0 spiro atoms. The molecule has 2 rings (SSSR count). The summed E-state index contributed by atoms with van der Waals surface area (Å²) in [6.07, 6.45) is 5.33. The molecule has 2 heterocycles. The first kappa shape index (κ1) is 12.4. The van der Waals surface area contributed by atoms with Crippen molar-refractivity contribution in [3.63, 3.8) is 0 Å². The Morgan fingerprint density at radius 1 is 1.44 bits per heavy atom. The number of H-pyrrole nitrogens is 1. The quantitative estimate of drug-likeness (QED) is 0.869. The van der Waals surface area contributed by atoms with Crippen LogP contribution in [0.5, 0.6) is 0 Å². The maximum atomic E-state index is 12.2. The zero-order chi connectivity index (χ0) is 13.1. The number of imidazole rings is 1. The second-order valence-corrected chi connectivity index (χ2v) is 4.56. The van der Waals surface area contributed by atoms with Gasteiger partial charge in [0.1, 0.15) is 11.5 Å². The van der Waals surface area contributed by atoms with Crippen molar-refractivity contribution in [3.05, 3.63) is 42.2 Å². The second kappa shape index (κ2) is 5.08. The fraction of sp³-hybridized carbons (Fsp3) is 0.385. The van der Waals surface area contributed by atoms with Gasteiger partial charge < -0.3 is 14.9 Å². The summed E-state index contributed by atoms with van der Waals surface area (Å²) in [5, 5.41) is 2.93. The number of aromatic nitrogens is 3. The van der Waals surface area contributed by atoms with Crippen molar-refractivity contribution in [3.8, 4) is 0 Å². The van der Waals surface area contributed by atoms with Crippen molar-refractivity contribution in [2.75, 3.05) is 0 Å². The highest BCUT2D eigenvalue weighted by Crippen LogP contribution is 2.12. The third-order valence-corrected chi connectivity index (χ3v) is 2.85. The molecule has 0 saturated carbocycles. The zero-order valence-electron chi connectivity index (χ0n) is 10.8. The Labute approximate surface area is 106 Å². The van der Waals surface area contributed by atoms with Crippen LogP contribution < -0.4 is 5.32 Å². The van der Waals surface area contributed by atoms with Gasteiger partial charge in [0.15, 0.2) is 0 Å². The first-order valence-corrected chi connectivity index (χ1v) is 6.06. The molecule has 0 aromatic carbocycles. The number of amides is 1. The number of hydrogen-bond acceptors (Lipinski definition) is 2. The zero-order valence-corrected chi connectivity index (χ0v) is 10.8. The Morgan fingerprint density at radius 2 is 2.22 bits per heavy atom. The van der Waals surface area contributed by atoms with Crippen LogP contribution in [0.3, 0.4) is 0 Å². The molecule has 0 fully saturated rings. The molecule has 1 atom stereocenters. The highest BCUT2D eigenvalue weighted by molar-refractivity contribution is 5.93. The predicted octanol–water partition coefficient (Wildman–Crippen LogP) is 2.28. The molecule has 5 nitrogen and oxygen atoms in total. The summed E-state index contributed by atoms with van der Waals surface area (Å²) in [6.45, 7) is 6.00. The first-order chi connectivity index (χ1) is 8.59. The molecule has 96 valence electrons. The van der Waals surface area contributed by atoms with Gasteiger partial charge in [0.25, 0.3) is 5.91 Å². The number of carbonyl (C=O) groups is 1. The van der Waals surface area contributed by atoms with Crippen LogP contribution in [0.25, 0.3) is 0 Å². The van der Waals surface area contributed by atoms with E-state index in [9.17, 15) is 4.79 Å². The van der Waals surface area contributed by atoms with Gasteiger partial charge in [-0.25, -0.2) is 4.98 Å². The van der Waals surface area contributed by atoms with Gasteiger partial charge in [0.05, 0.1) is 6.04 Å². The lowest BCUT2D eigenvalue weighted by Crippen LogP contribution is -2.29. The van der Waals surface area contributed by atoms with E-state index in [-0.39, 0.29) is 18.0 Å². The Kier molecular flexibility index (Phi) is 3.50. The van der Waals surface area contributed by atoms with Crippen molar-refractivity contribution >= 4 is 5.91 Å². The largest absolute Gasteiger partial charge is 0.347 e. The topological polar surface area (TPSA) is 62.7 Å². The molecular formula is C13H18N4O. The van der Waals surface area contributed by atoms with E-state index in [0.29, 0.717) is 5.69 Å². The summed E-state index contributed by atoms with van der Waals surface area (Å²) >= 11 is 0. The summed E-state index contributed by atoms with van der Waals surface area (Å²) in [6, 6.07) is 3.83. The lowest BCUT2D eigenvalue weighted by Gasteiger charge is -2.15. The fourth-order valence-corrected chi connectivity index (χ4v) is 1.89. The minimum Gasteiger partial charge on any atom is -0.347 e. The first-order valence-electron chi connectivity index (χ1n) is 6.06. The monoisotopic (exact) mass is 246 g/mol. The number of hydrogen-bond donors (Lipinski definition) is 2. The highest BCUT2D eigenvalue weighted by Gasteiger charge is 2.16. The fourth-order valence-electron chi connectivity index (χ4n) is 1.89. The third-order valence-electron chi connectivity index (χ3n) is 2.85. The van der Waals surface area contributed by atoms with E-state index in [0.717, 1.165) is 5.82 Å². The Hall–Kier alpha value is -2.04. The minimum atomic E-state index is -0.136. The molecule has 2 aromatic rings. The lowest BCUT2D eigenvalue weighted by molar-refractivity contribution is 0.0927. The molecule has 1 unspecified atom stereocenters. The molecule has 2 aromatic heterocycles. The van der Waals surface area contributed by atoms with Gasteiger partial charge in [0, 0.05) is 24.6 Å². The average molecular weight is 246 g/mol. The molecule has 0 aliphatic heterocycles. The van der Waals surface area contributed by atoms with Crippen molar-refractivity contribution in [1.82, 2.24) is 19.9 Å². The van der Waals surface area contributed by atoms with Gasteiger partial charge in [-0.05, 0) is 32.9 Å². The molecule has 0 aliphatic carbocycles. The van der Waals surface area contributed by atoms with E-state index >= 15 is 0 Å². The Morgan fingerprint density at radius 3 is 2.83 bits per heavy atom. The summed E-state index contributed by atoms with van der Waals surface area (Å²) in [4.78, 5) is 19.3. The van der Waals surface area contributed by atoms with Crippen molar-refractivity contribution in [2.45, 2.75) is 32.9 Å². The SMILES string of the molecule is CC(NC(=O)c1cccn1C(C)C)c1ncc[nH]1. The van der Waals surface area contributed by atoms with Gasteiger partial charge in [0.2, 0.25) is 0 Å². The third kappa shape index (κ3) is 2.45. The minimum absolute atomic E-state index is 0.0856. The Balaban J connectivity index is 2.10. The molecule has 0 aliphatic rings. The number of aromatic amines is 1.